The van der Waals surface area contributed by atoms with Crippen molar-refractivity contribution in [2.75, 3.05) is 0 Å². The van der Waals surface area contributed by atoms with Crippen molar-refractivity contribution in [2.45, 2.75) is 6.10 Å². The molecule has 0 aliphatic heterocycles. The zero-order chi connectivity index (χ0) is 6.73. The molecule has 0 aromatic carbocycles. The Bertz CT molecular complexity index is 110. The van der Waals surface area contributed by atoms with Crippen LogP contribution in [0.15, 0.2) is 0 Å². The van der Waals surface area contributed by atoms with Crippen molar-refractivity contribution in [3.63, 3.8) is 0 Å². The Morgan fingerprint density at radius 3 is 1.30 bits per heavy atom. The molecule has 0 atom stereocenters. The molecule has 0 aromatic rings. The van der Waals surface area contributed by atoms with Gasteiger partial charge in [0.2, 0.25) is 0 Å². The van der Waals surface area contributed by atoms with E-state index in [4.69, 9.17) is 5.11 Å². The van der Waals surface area contributed by atoms with Crippen molar-refractivity contribution < 1.29 is 141 Å². The van der Waals surface area contributed by atoms with E-state index < -0.39 is 18.0 Å². The van der Waals surface area contributed by atoms with Gasteiger partial charge in [0.25, 0.3) is 0 Å². The number of aliphatic carboxylic acids is 2. The van der Waals surface area contributed by atoms with E-state index in [0.717, 1.165) is 0 Å². The summed E-state index contributed by atoms with van der Waals surface area (Å²) in [7, 11) is 0. The predicted octanol–water partition coefficient (Wildman–Crippen LogP) is -10.1. The smallest absolute Gasteiger partial charge is 0.547 e. The minimum atomic E-state index is -2.52. The van der Waals surface area contributed by atoms with Crippen molar-refractivity contribution in [2.24, 2.45) is 0 Å². The molecule has 0 aromatic heterocycles. The standard InChI is InChI=1S/C3H4O5.2Rb/c4-1(2(5)6)3(7)8;;/h1,4H,(H,5,6)(H,7,8);;/q;2*+1/p-2. The van der Waals surface area contributed by atoms with Gasteiger partial charge in [-0.1, -0.05) is 0 Å². The minimum Gasteiger partial charge on any atom is -0.547 e. The van der Waals surface area contributed by atoms with E-state index in [1.165, 1.54) is 0 Å². The molecular weight excluding hydrogens is 287 g/mol. The van der Waals surface area contributed by atoms with Crippen LogP contribution < -0.4 is 127 Å². The molecule has 0 bridgehead atoms. The van der Waals surface area contributed by atoms with Crippen LogP contribution in [0, 0.1) is 0 Å². The molecule has 0 saturated heterocycles. The van der Waals surface area contributed by atoms with E-state index in [0.29, 0.717) is 0 Å². The zero-order valence-electron chi connectivity index (χ0n) is 5.66. The summed E-state index contributed by atoms with van der Waals surface area (Å²) in [5.41, 5.74) is 0. The molecule has 7 heteroatoms. The summed E-state index contributed by atoms with van der Waals surface area (Å²) in [6, 6.07) is 0. The van der Waals surface area contributed by atoms with E-state index in [9.17, 15) is 19.8 Å². The molecule has 0 aliphatic carbocycles. The van der Waals surface area contributed by atoms with Crippen molar-refractivity contribution in [1.82, 2.24) is 0 Å². The molecule has 5 nitrogen and oxygen atoms in total. The normalized spacial score (nSPS) is 7.40. The van der Waals surface area contributed by atoms with Crippen molar-refractivity contribution in [3.8, 4) is 0 Å². The van der Waals surface area contributed by atoms with Gasteiger partial charge in [0.1, 0.15) is 6.10 Å². The second-order valence-electron chi connectivity index (χ2n) is 1.04. The van der Waals surface area contributed by atoms with Crippen molar-refractivity contribution >= 4 is 11.9 Å². The Balaban J connectivity index is -0.000000245. The second-order valence-corrected chi connectivity index (χ2v) is 1.04. The maximum Gasteiger partial charge on any atom is 1.00 e. The molecule has 0 aliphatic rings. The molecule has 0 rings (SSSR count). The third-order valence-electron chi connectivity index (χ3n) is 0.447. The molecule has 1 N–H and O–H groups in total. The Morgan fingerprint density at radius 1 is 1.10 bits per heavy atom. The van der Waals surface area contributed by atoms with Gasteiger partial charge in [0.15, 0.2) is 0 Å². The van der Waals surface area contributed by atoms with Gasteiger partial charge in [-0.05, 0) is 0 Å². The van der Waals surface area contributed by atoms with Crippen molar-refractivity contribution in [1.29, 1.82) is 0 Å². The van der Waals surface area contributed by atoms with Crippen LogP contribution in [0.25, 0.3) is 0 Å². The summed E-state index contributed by atoms with van der Waals surface area (Å²) < 4.78 is 0. The first-order valence-electron chi connectivity index (χ1n) is 1.65. The van der Waals surface area contributed by atoms with Gasteiger partial charge < -0.3 is 24.9 Å². The second kappa shape index (κ2) is 9.60. The Hall–Kier alpha value is 2.51. The Kier molecular flexibility index (Phi) is 17.6. The average molecular weight is 289 g/mol. The summed E-state index contributed by atoms with van der Waals surface area (Å²) in [6.07, 6.45) is -2.52. The summed E-state index contributed by atoms with van der Waals surface area (Å²) in [5, 5.41) is 26.6. The number of carbonyl (C=O) groups is 2. The molecule has 46 valence electrons. The minimum absolute atomic E-state index is 0. The fourth-order valence-electron chi connectivity index (χ4n) is 0.0962. The van der Waals surface area contributed by atoms with Crippen LogP contribution in [0.3, 0.4) is 0 Å². The molecule has 0 spiro atoms. The SMILES string of the molecule is O=C([O-])C(O)C(=O)[O-].[Rb+].[Rb+]. The predicted molar refractivity (Wildman–Crippen MR) is 16.0 cm³/mol. The third-order valence-corrected chi connectivity index (χ3v) is 0.447. The van der Waals surface area contributed by atoms with E-state index in [1.807, 2.05) is 0 Å². The van der Waals surface area contributed by atoms with Crippen LogP contribution in [-0.2, 0) is 9.59 Å². The van der Waals surface area contributed by atoms with Crippen LogP contribution in [0.1, 0.15) is 0 Å². The summed E-state index contributed by atoms with van der Waals surface area (Å²) in [6.45, 7) is 0. The number of carboxylic acids is 2. The topological polar surface area (TPSA) is 100 Å². The first-order chi connectivity index (χ1) is 3.55. The van der Waals surface area contributed by atoms with Gasteiger partial charge in [0.05, 0.1) is 11.9 Å². The maximum absolute atomic E-state index is 9.36. The Labute approximate surface area is 155 Å². The molecular formula is C3H2O5Rb2. The van der Waals surface area contributed by atoms with E-state index >= 15 is 0 Å². The molecule has 0 amide bonds. The number of aliphatic hydroxyl groups excluding tert-OH is 1. The van der Waals surface area contributed by atoms with Gasteiger partial charge in [-0.3, -0.25) is 0 Å². The molecule has 0 radical (unpaired) electrons. The van der Waals surface area contributed by atoms with E-state index in [-0.39, 0.29) is 116 Å². The first-order valence-corrected chi connectivity index (χ1v) is 1.65. The van der Waals surface area contributed by atoms with E-state index in [1.54, 1.807) is 0 Å². The van der Waals surface area contributed by atoms with Gasteiger partial charge in [0, 0.05) is 0 Å². The first kappa shape index (κ1) is 18.3. The van der Waals surface area contributed by atoms with Gasteiger partial charge in [-0.15, -0.1) is 0 Å². The molecule has 10 heavy (non-hydrogen) atoms. The summed E-state index contributed by atoms with van der Waals surface area (Å²) in [4.78, 5) is 18.7. The Morgan fingerprint density at radius 2 is 1.30 bits per heavy atom. The molecule has 0 unspecified atom stereocenters. The quantitative estimate of drug-likeness (QED) is 0.509. The number of hydrogen-bond acceptors (Lipinski definition) is 5. The van der Waals surface area contributed by atoms with Crippen molar-refractivity contribution in [3.05, 3.63) is 0 Å². The molecule has 0 fully saturated rings. The molecule has 0 saturated carbocycles. The van der Waals surface area contributed by atoms with Crippen LogP contribution in [0.5, 0.6) is 0 Å². The number of rotatable bonds is 2. The van der Waals surface area contributed by atoms with Crippen LogP contribution in [0.4, 0.5) is 0 Å². The van der Waals surface area contributed by atoms with Crippen LogP contribution in [0.2, 0.25) is 0 Å². The fourth-order valence-corrected chi connectivity index (χ4v) is 0.0962. The maximum atomic E-state index is 9.36. The molecule has 0 heterocycles. The monoisotopic (exact) mass is 288 g/mol. The summed E-state index contributed by atoms with van der Waals surface area (Å²) in [5.74, 6) is -4.13. The number of carboxylic acid groups (broad SMARTS) is 2. The largest absolute Gasteiger partial charge is 1.00 e. The van der Waals surface area contributed by atoms with Gasteiger partial charge in [-0.2, -0.15) is 0 Å². The summed E-state index contributed by atoms with van der Waals surface area (Å²) >= 11 is 0. The third kappa shape index (κ3) is 8.61. The number of aliphatic hydroxyl groups is 1. The van der Waals surface area contributed by atoms with Gasteiger partial charge in [-0.25, -0.2) is 0 Å². The average Bonchev–Trinajstić information content (AvgIpc) is 1.64. The number of hydrogen-bond donors (Lipinski definition) is 1. The van der Waals surface area contributed by atoms with E-state index in [2.05, 4.69) is 0 Å². The zero-order valence-corrected chi connectivity index (χ0v) is 15.5. The fraction of sp³-hybridized carbons (Fsp3) is 0.333. The van der Waals surface area contributed by atoms with Crippen LogP contribution in [-0.4, -0.2) is 23.1 Å². The number of carbonyl (C=O) groups excluding carboxylic acids is 2. The van der Waals surface area contributed by atoms with Crippen LogP contribution >= 0.6 is 0 Å². The van der Waals surface area contributed by atoms with Gasteiger partial charge >= 0.3 is 116 Å².